The van der Waals surface area contributed by atoms with E-state index in [1.165, 1.54) is 0 Å². The quantitative estimate of drug-likeness (QED) is 0.649. The van der Waals surface area contributed by atoms with Gasteiger partial charge in [0.1, 0.15) is 11.3 Å². The van der Waals surface area contributed by atoms with Gasteiger partial charge in [-0.1, -0.05) is 13.8 Å². The molecule has 0 unspecified atom stereocenters. The van der Waals surface area contributed by atoms with Gasteiger partial charge in [-0.25, -0.2) is 9.97 Å². The minimum absolute atomic E-state index is 0.00262. The number of carbonyl (C=O) groups is 2. The molecule has 3 aromatic rings. The average molecular weight is 406 g/mol. The lowest BCUT2D eigenvalue weighted by Gasteiger charge is -2.18. The van der Waals surface area contributed by atoms with Crippen LogP contribution in [-0.2, 0) is 19.6 Å². The van der Waals surface area contributed by atoms with E-state index in [4.69, 9.17) is 9.97 Å². The molecule has 0 fully saturated rings. The van der Waals surface area contributed by atoms with Gasteiger partial charge >= 0.3 is 0 Å². The number of pyridine rings is 2. The highest BCUT2D eigenvalue weighted by Gasteiger charge is 2.34. The Morgan fingerprint density at radius 3 is 1.77 bits per heavy atom. The minimum atomic E-state index is -0.00262. The average Bonchev–Trinajstić information content (AvgIpc) is 3.33. The van der Waals surface area contributed by atoms with E-state index in [1.54, 1.807) is 22.2 Å². The maximum atomic E-state index is 12.6. The van der Waals surface area contributed by atoms with Crippen LogP contribution in [0, 0.1) is 0 Å². The molecule has 156 valence electrons. The van der Waals surface area contributed by atoms with Crippen LogP contribution in [0.3, 0.4) is 0 Å². The van der Waals surface area contributed by atoms with Crippen molar-refractivity contribution in [3.05, 3.63) is 34.6 Å². The topological polar surface area (TPSA) is 74.6 Å². The Labute approximate surface area is 175 Å². The lowest BCUT2D eigenvalue weighted by molar-refractivity contribution is 0.0809. The third kappa shape index (κ3) is 2.49. The molecule has 0 radical (unpaired) electrons. The number of amides is 2. The van der Waals surface area contributed by atoms with E-state index < -0.39 is 0 Å². The fourth-order valence-corrected chi connectivity index (χ4v) is 4.83. The third-order valence-electron chi connectivity index (χ3n) is 6.57. The summed E-state index contributed by atoms with van der Waals surface area (Å²) in [6.07, 6.45) is 3.40. The molecule has 3 aromatic heterocycles. The van der Waals surface area contributed by atoms with Gasteiger partial charge in [-0.15, -0.1) is 0 Å². The molecule has 5 heterocycles. The number of carbonyl (C=O) groups excluding carboxylic acids is 2. The monoisotopic (exact) mass is 406 g/mol. The van der Waals surface area contributed by atoms with Gasteiger partial charge in [-0.05, 0) is 24.2 Å². The van der Waals surface area contributed by atoms with Crippen LogP contribution in [0.1, 0.15) is 45.7 Å². The highest BCUT2D eigenvalue weighted by atomic mass is 16.2. The molecule has 8 heteroatoms. The van der Waals surface area contributed by atoms with Crippen molar-refractivity contribution >= 4 is 33.9 Å². The first kappa shape index (κ1) is 19.0. The molecule has 0 saturated carbocycles. The Balaban J connectivity index is 1.81. The summed E-state index contributed by atoms with van der Waals surface area (Å²) in [5.41, 5.74) is 5.00. The van der Waals surface area contributed by atoms with Crippen molar-refractivity contribution in [3.63, 3.8) is 0 Å². The number of fused-ring (bicyclic) bond motifs is 7. The van der Waals surface area contributed by atoms with E-state index in [0.29, 0.717) is 24.2 Å². The molecule has 0 spiro atoms. The molecule has 2 aliphatic heterocycles. The van der Waals surface area contributed by atoms with Gasteiger partial charge in [-0.3, -0.25) is 9.59 Å². The number of rotatable bonds is 5. The zero-order chi connectivity index (χ0) is 21.2. The number of hydrogen-bond donors (Lipinski definition) is 0. The van der Waals surface area contributed by atoms with Crippen LogP contribution < -0.4 is 0 Å². The maximum Gasteiger partial charge on any atom is 0.255 e. The van der Waals surface area contributed by atoms with Crippen molar-refractivity contribution in [1.29, 1.82) is 0 Å². The summed E-state index contributed by atoms with van der Waals surface area (Å²) in [6.45, 7) is 9.04. The molecule has 0 aliphatic carbocycles. The lowest BCUT2D eigenvalue weighted by Crippen LogP contribution is -2.27. The molecular formula is C22H26N6O2. The second kappa shape index (κ2) is 6.77. The molecule has 2 aliphatic rings. The molecule has 8 nitrogen and oxygen atoms in total. The van der Waals surface area contributed by atoms with Crippen molar-refractivity contribution in [1.82, 2.24) is 29.2 Å². The maximum absolute atomic E-state index is 12.6. The Hall–Kier alpha value is -3.00. The molecule has 0 N–H and O–H groups in total. The Bertz CT molecular complexity index is 1120. The number of nitrogens with zero attached hydrogens (tertiary/aromatic N) is 6. The van der Waals surface area contributed by atoms with Gasteiger partial charge in [0.2, 0.25) is 0 Å². The summed E-state index contributed by atoms with van der Waals surface area (Å²) in [7, 11) is 3.63. The normalized spacial score (nSPS) is 15.9. The van der Waals surface area contributed by atoms with Crippen LogP contribution in [0.25, 0.3) is 22.1 Å². The summed E-state index contributed by atoms with van der Waals surface area (Å²) in [5.74, 6) is -0.00524. The second-order valence-electron chi connectivity index (χ2n) is 8.20. The zero-order valence-corrected chi connectivity index (χ0v) is 17.9. The molecule has 5 rings (SSSR count). The SMILES string of the molecule is CCN(CC)CCn1c2ncc3c(c2c2c4c(cnc21)C(=O)N(C)C4)CN(C)C3=O. The summed E-state index contributed by atoms with van der Waals surface area (Å²) in [5, 5.41) is 1.96. The van der Waals surface area contributed by atoms with Crippen LogP contribution in [0.15, 0.2) is 12.4 Å². The van der Waals surface area contributed by atoms with Crippen molar-refractivity contribution in [2.45, 2.75) is 33.5 Å². The first-order chi connectivity index (χ1) is 14.5. The molecule has 0 aromatic carbocycles. The molecule has 0 atom stereocenters. The van der Waals surface area contributed by atoms with Crippen molar-refractivity contribution < 1.29 is 9.59 Å². The van der Waals surface area contributed by atoms with E-state index in [9.17, 15) is 9.59 Å². The minimum Gasteiger partial charge on any atom is -0.337 e. The van der Waals surface area contributed by atoms with E-state index in [-0.39, 0.29) is 11.8 Å². The Morgan fingerprint density at radius 2 is 1.33 bits per heavy atom. The molecular weight excluding hydrogens is 380 g/mol. The van der Waals surface area contributed by atoms with Crippen LogP contribution in [0.4, 0.5) is 0 Å². The fraction of sp³-hybridized carbons (Fsp3) is 0.455. The van der Waals surface area contributed by atoms with Crippen LogP contribution >= 0.6 is 0 Å². The van der Waals surface area contributed by atoms with Gasteiger partial charge in [0.15, 0.2) is 0 Å². The molecule has 2 amide bonds. The van der Waals surface area contributed by atoms with E-state index in [0.717, 1.165) is 59.4 Å². The second-order valence-corrected chi connectivity index (χ2v) is 8.20. The summed E-state index contributed by atoms with van der Waals surface area (Å²) in [4.78, 5) is 40.5. The van der Waals surface area contributed by atoms with Gasteiger partial charge in [0.25, 0.3) is 11.8 Å². The van der Waals surface area contributed by atoms with E-state index in [2.05, 4.69) is 23.3 Å². The van der Waals surface area contributed by atoms with E-state index >= 15 is 0 Å². The standard InChI is InChI=1S/C22H26N6O2/c1-5-27(6-2)7-8-28-19-17(15-11-25(3)21(29)13(15)9-23-19)18-16-12-26(4)22(30)14(16)10-24-20(18)28/h9-10H,5-8,11-12H2,1-4H3. The smallest absolute Gasteiger partial charge is 0.255 e. The number of likely N-dealkylation sites (N-methyl/N-ethyl adjacent to an activating group) is 1. The van der Waals surface area contributed by atoms with Crippen molar-refractivity contribution in [2.75, 3.05) is 33.7 Å². The predicted molar refractivity (Wildman–Crippen MR) is 114 cm³/mol. The van der Waals surface area contributed by atoms with Gasteiger partial charge < -0.3 is 19.3 Å². The Morgan fingerprint density at radius 1 is 0.867 bits per heavy atom. The van der Waals surface area contributed by atoms with Crippen LogP contribution in [0.5, 0.6) is 0 Å². The summed E-state index contributed by atoms with van der Waals surface area (Å²) >= 11 is 0. The molecule has 0 saturated heterocycles. The fourth-order valence-electron chi connectivity index (χ4n) is 4.83. The van der Waals surface area contributed by atoms with Crippen LogP contribution in [-0.4, -0.2) is 74.8 Å². The zero-order valence-electron chi connectivity index (χ0n) is 17.9. The summed E-state index contributed by atoms with van der Waals surface area (Å²) in [6, 6.07) is 0. The largest absolute Gasteiger partial charge is 0.337 e. The van der Waals surface area contributed by atoms with Crippen molar-refractivity contribution in [2.24, 2.45) is 0 Å². The summed E-state index contributed by atoms with van der Waals surface area (Å²) < 4.78 is 2.16. The van der Waals surface area contributed by atoms with Gasteiger partial charge in [0.05, 0.1) is 11.1 Å². The van der Waals surface area contributed by atoms with Gasteiger partial charge in [-0.2, -0.15) is 0 Å². The van der Waals surface area contributed by atoms with Crippen LogP contribution in [0.2, 0.25) is 0 Å². The first-order valence-electron chi connectivity index (χ1n) is 10.5. The van der Waals surface area contributed by atoms with E-state index in [1.807, 2.05) is 14.1 Å². The third-order valence-corrected chi connectivity index (χ3v) is 6.57. The Kier molecular flexibility index (Phi) is 4.28. The number of aromatic nitrogens is 3. The highest BCUT2D eigenvalue weighted by Crippen LogP contribution is 2.39. The van der Waals surface area contributed by atoms with Crippen molar-refractivity contribution in [3.8, 4) is 0 Å². The predicted octanol–water partition coefficient (Wildman–Crippen LogP) is 2.10. The lowest BCUT2D eigenvalue weighted by atomic mass is 10.0. The number of hydrogen-bond acceptors (Lipinski definition) is 5. The molecule has 0 bridgehead atoms. The van der Waals surface area contributed by atoms with Gasteiger partial charge in [0, 0.05) is 63.4 Å². The molecule has 30 heavy (non-hydrogen) atoms. The first-order valence-corrected chi connectivity index (χ1v) is 10.5. The highest BCUT2D eigenvalue weighted by molar-refractivity contribution is 6.16.